The van der Waals surface area contributed by atoms with Crippen LogP contribution in [0.1, 0.15) is 50.3 Å². The molecule has 37 heavy (non-hydrogen) atoms. The summed E-state index contributed by atoms with van der Waals surface area (Å²) in [7, 11) is 1.23. The second-order valence-corrected chi connectivity index (χ2v) is 8.42. The number of nitro benzene ring substituents is 1. The van der Waals surface area contributed by atoms with Gasteiger partial charge in [-0.15, -0.1) is 0 Å². The lowest BCUT2D eigenvalue weighted by atomic mass is 9.79. The molecule has 2 N–H and O–H groups in total. The van der Waals surface area contributed by atoms with Crippen molar-refractivity contribution in [3.8, 4) is 0 Å². The summed E-state index contributed by atoms with van der Waals surface area (Å²) >= 11 is 0. The lowest BCUT2D eigenvalue weighted by molar-refractivity contribution is -0.384. The number of nitrogens with one attached hydrogen (secondary N) is 2. The van der Waals surface area contributed by atoms with E-state index in [0.29, 0.717) is 22.5 Å². The third-order valence-electron chi connectivity index (χ3n) is 6.01. The molecule has 0 fully saturated rings. The first kappa shape index (κ1) is 27.1. The van der Waals surface area contributed by atoms with Crippen LogP contribution in [0.4, 0.5) is 5.69 Å². The topological polar surface area (TPSA) is 137 Å². The summed E-state index contributed by atoms with van der Waals surface area (Å²) in [5.74, 6) is -2.66. The van der Waals surface area contributed by atoms with Gasteiger partial charge in [0.25, 0.3) is 5.69 Å². The zero-order valence-corrected chi connectivity index (χ0v) is 21.1. The Labute approximate surface area is 214 Å². The molecule has 0 aromatic heterocycles. The van der Waals surface area contributed by atoms with Gasteiger partial charge in [0, 0.05) is 29.1 Å². The second kappa shape index (κ2) is 12.0. The number of allylic oxidation sites excluding steroid dienone is 2. The maximum Gasteiger partial charge on any atom is 0.336 e. The van der Waals surface area contributed by atoms with Gasteiger partial charge in [-0.1, -0.05) is 42.5 Å². The average molecular weight is 508 g/mol. The first-order valence-electron chi connectivity index (χ1n) is 11.7. The fourth-order valence-corrected chi connectivity index (χ4v) is 4.39. The molecule has 2 aromatic rings. The number of methoxy groups -OCH3 is 1. The predicted molar refractivity (Wildman–Crippen MR) is 135 cm³/mol. The first-order chi connectivity index (χ1) is 17.7. The van der Waals surface area contributed by atoms with Crippen molar-refractivity contribution in [1.29, 1.82) is 0 Å². The molecule has 0 bridgehead atoms. The van der Waals surface area contributed by atoms with E-state index in [1.165, 1.54) is 25.3 Å². The van der Waals surface area contributed by atoms with Gasteiger partial charge in [-0.2, -0.15) is 0 Å². The molecule has 0 aliphatic carbocycles. The van der Waals surface area contributed by atoms with Crippen molar-refractivity contribution in [2.24, 2.45) is 0 Å². The molecule has 2 atom stereocenters. The van der Waals surface area contributed by atoms with Crippen LogP contribution < -0.4 is 10.6 Å². The van der Waals surface area contributed by atoms with Crippen molar-refractivity contribution < 1.29 is 28.8 Å². The molecule has 0 saturated carbocycles. The van der Waals surface area contributed by atoms with E-state index in [1.807, 2.05) is 6.07 Å². The molecule has 1 aliphatic rings. The Bertz CT molecular complexity index is 1270. The molecule has 10 nitrogen and oxygen atoms in total. The molecule has 10 heteroatoms. The number of amides is 1. The highest BCUT2D eigenvalue weighted by Crippen LogP contribution is 2.40. The summed E-state index contributed by atoms with van der Waals surface area (Å²) in [6.07, 6.45) is -0.108. The Hall–Kier alpha value is -4.47. The van der Waals surface area contributed by atoms with Gasteiger partial charge >= 0.3 is 11.9 Å². The Kier molecular flexibility index (Phi) is 8.78. The third kappa shape index (κ3) is 6.21. The van der Waals surface area contributed by atoms with E-state index in [1.54, 1.807) is 51.1 Å². The summed E-state index contributed by atoms with van der Waals surface area (Å²) < 4.78 is 10.1. The third-order valence-corrected chi connectivity index (χ3v) is 6.01. The molecule has 194 valence electrons. The highest BCUT2D eigenvalue weighted by molar-refractivity contribution is 6.02. The Morgan fingerprint density at radius 2 is 1.73 bits per heavy atom. The van der Waals surface area contributed by atoms with E-state index in [4.69, 9.17) is 9.47 Å². The average Bonchev–Trinajstić information content (AvgIpc) is 2.88. The number of hydrogen-bond acceptors (Lipinski definition) is 8. The van der Waals surface area contributed by atoms with Gasteiger partial charge < -0.3 is 20.1 Å². The van der Waals surface area contributed by atoms with Crippen LogP contribution >= 0.6 is 0 Å². The molecule has 1 aliphatic heterocycles. The van der Waals surface area contributed by atoms with Gasteiger partial charge in [0.15, 0.2) is 0 Å². The second-order valence-electron chi connectivity index (χ2n) is 8.42. The maximum absolute atomic E-state index is 13.8. The SMILES string of the molecule is CCOC(=O)CC(NC(=O)C1=C(C)NC(C)=C(C(=O)OC)C1c1cccc([N+](=O)[O-])c1)c1ccccc1. The van der Waals surface area contributed by atoms with Crippen LogP contribution in [0.15, 0.2) is 77.1 Å². The van der Waals surface area contributed by atoms with E-state index >= 15 is 0 Å². The highest BCUT2D eigenvalue weighted by Gasteiger charge is 2.38. The zero-order chi connectivity index (χ0) is 27.1. The van der Waals surface area contributed by atoms with Gasteiger partial charge in [-0.25, -0.2) is 4.79 Å². The van der Waals surface area contributed by atoms with Gasteiger partial charge in [-0.05, 0) is 31.9 Å². The quantitative estimate of drug-likeness (QED) is 0.297. The van der Waals surface area contributed by atoms with Crippen LogP contribution in [-0.2, 0) is 23.9 Å². The van der Waals surface area contributed by atoms with Crippen molar-refractivity contribution in [2.45, 2.75) is 39.2 Å². The summed E-state index contributed by atoms with van der Waals surface area (Å²) in [4.78, 5) is 49.9. The zero-order valence-electron chi connectivity index (χ0n) is 21.1. The molecule has 2 aromatic carbocycles. The lowest BCUT2D eigenvalue weighted by Gasteiger charge is -2.31. The van der Waals surface area contributed by atoms with Crippen LogP contribution in [-0.4, -0.2) is 36.5 Å². The van der Waals surface area contributed by atoms with Crippen LogP contribution in [0.5, 0.6) is 0 Å². The molecule has 2 unspecified atom stereocenters. The van der Waals surface area contributed by atoms with Crippen molar-refractivity contribution in [1.82, 2.24) is 10.6 Å². The van der Waals surface area contributed by atoms with Gasteiger partial charge in [0.1, 0.15) is 0 Å². The number of non-ortho nitro benzene ring substituents is 1. The molecule has 3 rings (SSSR count). The van der Waals surface area contributed by atoms with E-state index in [0.717, 1.165) is 0 Å². The summed E-state index contributed by atoms with van der Waals surface area (Å²) in [5.41, 5.74) is 2.14. The molecular weight excluding hydrogens is 478 g/mol. The normalized spacial score (nSPS) is 15.9. The predicted octanol–water partition coefficient (Wildman–Crippen LogP) is 3.81. The van der Waals surface area contributed by atoms with Crippen molar-refractivity contribution >= 4 is 23.5 Å². The summed E-state index contributed by atoms with van der Waals surface area (Å²) in [6, 6.07) is 14.0. The monoisotopic (exact) mass is 507 g/mol. The first-order valence-corrected chi connectivity index (χ1v) is 11.7. The molecule has 0 radical (unpaired) electrons. The number of carbonyl (C=O) groups is 3. The van der Waals surface area contributed by atoms with Crippen LogP contribution in [0.2, 0.25) is 0 Å². The molecule has 1 heterocycles. The van der Waals surface area contributed by atoms with Crippen LogP contribution in [0.3, 0.4) is 0 Å². The number of nitro groups is 1. The number of benzene rings is 2. The number of ether oxygens (including phenoxy) is 2. The minimum Gasteiger partial charge on any atom is -0.466 e. The molecular formula is C27H29N3O7. The minimum absolute atomic E-state index is 0.108. The maximum atomic E-state index is 13.8. The highest BCUT2D eigenvalue weighted by atomic mass is 16.6. The Balaban J connectivity index is 2.08. The van der Waals surface area contributed by atoms with Gasteiger partial charge in [-0.3, -0.25) is 19.7 Å². The number of nitrogens with zero attached hydrogens (tertiary/aromatic N) is 1. The molecule has 1 amide bonds. The van der Waals surface area contributed by atoms with E-state index < -0.39 is 34.7 Å². The number of carbonyl (C=O) groups excluding carboxylic acids is 3. The van der Waals surface area contributed by atoms with Crippen LogP contribution in [0, 0.1) is 10.1 Å². The van der Waals surface area contributed by atoms with E-state index in [-0.39, 0.29) is 29.9 Å². The molecule has 0 saturated heterocycles. The van der Waals surface area contributed by atoms with Gasteiger partial charge in [0.05, 0.1) is 42.6 Å². The minimum atomic E-state index is -0.951. The van der Waals surface area contributed by atoms with Crippen molar-refractivity contribution in [3.63, 3.8) is 0 Å². The smallest absolute Gasteiger partial charge is 0.336 e. The summed E-state index contributed by atoms with van der Waals surface area (Å²) in [5, 5.41) is 17.4. The Morgan fingerprint density at radius 1 is 1.05 bits per heavy atom. The Morgan fingerprint density at radius 3 is 2.35 bits per heavy atom. The standard InChI is InChI=1S/C27H29N3O7/c1-5-37-22(31)15-21(18-10-7-6-8-11-18)29-26(32)23-16(2)28-17(3)24(27(33)36-4)25(23)19-12-9-13-20(14-19)30(34)35/h6-14,21,25,28H,5,15H2,1-4H3,(H,29,32). The summed E-state index contributed by atoms with van der Waals surface area (Å²) in [6.45, 7) is 5.24. The fourth-order valence-electron chi connectivity index (χ4n) is 4.39. The lowest BCUT2D eigenvalue weighted by Crippen LogP contribution is -2.38. The number of hydrogen-bond donors (Lipinski definition) is 2. The number of dihydropyridines is 1. The van der Waals surface area contributed by atoms with Crippen LogP contribution in [0.25, 0.3) is 0 Å². The van der Waals surface area contributed by atoms with Crippen molar-refractivity contribution in [3.05, 3.63) is 98.4 Å². The largest absolute Gasteiger partial charge is 0.466 e. The van der Waals surface area contributed by atoms with E-state index in [9.17, 15) is 24.5 Å². The van der Waals surface area contributed by atoms with Gasteiger partial charge in [0.2, 0.25) is 5.91 Å². The van der Waals surface area contributed by atoms with E-state index in [2.05, 4.69) is 10.6 Å². The van der Waals surface area contributed by atoms with Crippen molar-refractivity contribution in [2.75, 3.05) is 13.7 Å². The number of rotatable bonds is 9. The fraction of sp³-hybridized carbons (Fsp3) is 0.296. The molecule has 0 spiro atoms. The number of esters is 2.